The van der Waals surface area contributed by atoms with Crippen LogP contribution in [-0.4, -0.2) is 37.6 Å². The summed E-state index contributed by atoms with van der Waals surface area (Å²) in [6.45, 7) is 3.74. The van der Waals surface area contributed by atoms with Crippen molar-refractivity contribution in [2.24, 2.45) is 0 Å². The van der Waals surface area contributed by atoms with E-state index in [0.29, 0.717) is 25.3 Å². The summed E-state index contributed by atoms with van der Waals surface area (Å²) in [5.41, 5.74) is 0.635. The van der Waals surface area contributed by atoms with Gasteiger partial charge in [-0.1, -0.05) is 0 Å². The third-order valence-electron chi connectivity index (χ3n) is 2.41. The molecule has 1 rings (SSSR count). The Labute approximate surface area is 116 Å². The molecule has 0 saturated heterocycles. The molecule has 5 heteroatoms. The van der Waals surface area contributed by atoms with Crippen LogP contribution in [0.25, 0.3) is 0 Å². The highest BCUT2D eigenvalue weighted by molar-refractivity contribution is 9.10. The van der Waals surface area contributed by atoms with Gasteiger partial charge in [-0.05, 0) is 41.1 Å². The average molecular weight is 318 g/mol. The Hall–Kier alpha value is -0.520. The Bertz CT molecular complexity index is 398. The Morgan fingerprint density at radius 2 is 2.24 bits per heavy atom. The van der Waals surface area contributed by atoms with E-state index in [4.69, 9.17) is 4.74 Å². The number of halogens is 1. The molecule has 0 heterocycles. The third kappa shape index (κ3) is 4.01. The number of likely N-dealkylation sites (N-methyl/N-ethyl adjacent to an activating group) is 1. The Morgan fingerprint density at radius 1 is 1.53 bits per heavy atom. The van der Waals surface area contributed by atoms with Crippen molar-refractivity contribution >= 4 is 34.5 Å². The van der Waals surface area contributed by atoms with Gasteiger partial charge in [-0.25, -0.2) is 0 Å². The van der Waals surface area contributed by atoms with Gasteiger partial charge in [0.25, 0.3) is 5.91 Å². The number of carbonyl (C=O) groups excluding carboxylic acids is 1. The average Bonchev–Trinajstić information content (AvgIpc) is 2.33. The summed E-state index contributed by atoms with van der Waals surface area (Å²) in [6.07, 6.45) is 0. The van der Waals surface area contributed by atoms with Gasteiger partial charge in [0.2, 0.25) is 0 Å². The fraction of sp³-hybridized carbons (Fsp3) is 0.417. The zero-order chi connectivity index (χ0) is 12.8. The summed E-state index contributed by atoms with van der Waals surface area (Å²) in [7, 11) is 1.63. The highest BCUT2D eigenvalue weighted by Gasteiger charge is 2.16. The van der Waals surface area contributed by atoms with Crippen molar-refractivity contribution < 1.29 is 9.53 Å². The van der Waals surface area contributed by atoms with Crippen LogP contribution < -0.4 is 0 Å². The van der Waals surface area contributed by atoms with Crippen LogP contribution in [0.3, 0.4) is 0 Å². The number of nitrogens with zero attached hydrogens (tertiary/aromatic N) is 1. The summed E-state index contributed by atoms with van der Waals surface area (Å²) in [6, 6.07) is 5.44. The first kappa shape index (κ1) is 14.5. The SMILES string of the molecule is CCN(CCOC)C(=O)c1cc(S)ccc1Br. The van der Waals surface area contributed by atoms with Gasteiger partial charge in [0, 0.05) is 29.6 Å². The maximum Gasteiger partial charge on any atom is 0.255 e. The number of hydrogen-bond acceptors (Lipinski definition) is 3. The number of carbonyl (C=O) groups is 1. The number of rotatable bonds is 5. The molecule has 0 atom stereocenters. The summed E-state index contributed by atoms with van der Waals surface area (Å²) in [5.74, 6) is -0.00711. The van der Waals surface area contributed by atoms with Crippen LogP contribution in [0.1, 0.15) is 17.3 Å². The molecule has 94 valence electrons. The molecule has 3 nitrogen and oxygen atoms in total. The van der Waals surface area contributed by atoms with Gasteiger partial charge in [-0.3, -0.25) is 4.79 Å². The lowest BCUT2D eigenvalue weighted by Crippen LogP contribution is -2.33. The van der Waals surface area contributed by atoms with Crippen molar-refractivity contribution in [2.45, 2.75) is 11.8 Å². The highest BCUT2D eigenvalue weighted by Crippen LogP contribution is 2.21. The van der Waals surface area contributed by atoms with E-state index >= 15 is 0 Å². The smallest absolute Gasteiger partial charge is 0.255 e. The number of amides is 1. The third-order valence-corrected chi connectivity index (χ3v) is 3.38. The number of benzene rings is 1. The van der Waals surface area contributed by atoms with Gasteiger partial charge >= 0.3 is 0 Å². The minimum Gasteiger partial charge on any atom is -0.383 e. The van der Waals surface area contributed by atoms with Crippen LogP contribution in [0.2, 0.25) is 0 Å². The molecule has 1 aromatic rings. The topological polar surface area (TPSA) is 29.5 Å². The Balaban J connectivity index is 2.89. The zero-order valence-corrected chi connectivity index (χ0v) is 12.4. The van der Waals surface area contributed by atoms with Gasteiger partial charge in [-0.15, -0.1) is 12.6 Å². The largest absolute Gasteiger partial charge is 0.383 e. The van der Waals surface area contributed by atoms with Crippen LogP contribution in [0, 0.1) is 0 Å². The van der Waals surface area contributed by atoms with E-state index in [1.54, 1.807) is 18.1 Å². The van der Waals surface area contributed by atoms with Crippen LogP contribution in [0.4, 0.5) is 0 Å². The fourth-order valence-electron chi connectivity index (χ4n) is 1.45. The standard InChI is InChI=1S/C12H16BrNO2S/c1-3-14(6-7-16-2)12(15)10-8-9(17)4-5-11(10)13/h4-5,8,17H,3,6-7H2,1-2H3. The molecule has 1 amide bonds. The molecular weight excluding hydrogens is 302 g/mol. The summed E-state index contributed by atoms with van der Waals surface area (Å²) in [5, 5.41) is 0. The van der Waals surface area contributed by atoms with E-state index in [0.717, 1.165) is 9.37 Å². The van der Waals surface area contributed by atoms with Crippen molar-refractivity contribution in [2.75, 3.05) is 26.8 Å². The van der Waals surface area contributed by atoms with Gasteiger partial charge in [0.1, 0.15) is 0 Å². The van der Waals surface area contributed by atoms with E-state index in [2.05, 4.69) is 28.6 Å². The van der Waals surface area contributed by atoms with Crippen molar-refractivity contribution in [1.82, 2.24) is 4.90 Å². The van der Waals surface area contributed by atoms with Crippen LogP contribution in [0.5, 0.6) is 0 Å². The number of methoxy groups -OCH3 is 1. The molecule has 0 aliphatic carbocycles. The molecule has 0 radical (unpaired) electrons. The number of hydrogen-bond donors (Lipinski definition) is 1. The Kier molecular flexibility index (Phi) is 6.02. The molecule has 0 aromatic heterocycles. The molecule has 0 spiro atoms. The number of ether oxygens (including phenoxy) is 1. The first-order valence-corrected chi connectivity index (χ1v) is 6.61. The number of thiol groups is 1. The predicted octanol–water partition coefficient (Wildman–Crippen LogP) is 2.85. The maximum atomic E-state index is 12.3. The zero-order valence-electron chi connectivity index (χ0n) is 9.94. The lowest BCUT2D eigenvalue weighted by molar-refractivity contribution is 0.0705. The van der Waals surface area contributed by atoms with Gasteiger partial charge in [0.15, 0.2) is 0 Å². The molecular formula is C12H16BrNO2S. The summed E-state index contributed by atoms with van der Waals surface area (Å²) < 4.78 is 5.78. The van der Waals surface area contributed by atoms with Crippen molar-refractivity contribution in [3.63, 3.8) is 0 Å². The second-order valence-electron chi connectivity index (χ2n) is 3.54. The molecule has 0 N–H and O–H groups in total. The second kappa shape index (κ2) is 7.03. The summed E-state index contributed by atoms with van der Waals surface area (Å²) in [4.78, 5) is 14.8. The quantitative estimate of drug-likeness (QED) is 0.846. The molecule has 0 bridgehead atoms. The molecule has 17 heavy (non-hydrogen) atoms. The maximum absolute atomic E-state index is 12.3. The molecule has 0 fully saturated rings. The lowest BCUT2D eigenvalue weighted by Gasteiger charge is -2.21. The van der Waals surface area contributed by atoms with Crippen molar-refractivity contribution in [3.8, 4) is 0 Å². The van der Waals surface area contributed by atoms with Crippen molar-refractivity contribution in [3.05, 3.63) is 28.2 Å². The summed E-state index contributed by atoms with van der Waals surface area (Å²) >= 11 is 7.63. The van der Waals surface area contributed by atoms with E-state index in [-0.39, 0.29) is 5.91 Å². The van der Waals surface area contributed by atoms with E-state index < -0.39 is 0 Å². The second-order valence-corrected chi connectivity index (χ2v) is 4.91. The molecule has 0 aliphatic heterocycles. The highest BCUT2D eigenvalue weighted by atomic mass is 79.9. The normalized spacial score (nSPS) is 10.4. The van der Waals surface area contributed by atoms with E-state index in [1.165, 1.54) is 0 Å². The molecule has 0 saturated carbocycles. The first-order valence-electron chi connectivity index (χ1n) is 5.36. The minimum absolute atomic E-state index is 0.00711. The van der Waals surface area contributed by atoms with Gasteiger partial charge in [-0.2, -0.15) is 0 Å². The lowest BCUT2D eigenvalue weighted by atomic mass is 10.2. The van der Waals surface area contributed by atoms with Gasteiger partial charge in [0.05, 0.1) is 12.2 Å². The van der Waals surface area contributed by atoms with Crippen LogP contribution in [0.15, 0.2) is 27.6 Å². The first-order chi connectivity index (χ1) is 8.10. The van der Waals surface area contributed by atoms with Crippen LogP contribution >= 0.6 is 28.6 Å². The van der Waals surface area contributed by atoms with Gasteiger partial charge < -0.3 is 9.64 Å². The predicted molar refractivity (Wildman–Crippen MR) is 74.8 cm³/mol. The van der Waals surface area contributed by atoms with E-state index in [9.17, 15) is 4.79 Å². The Morgan fingerprint density at radius 3 is 2.82 bits per heavy atom. The van der Waals surface area contributed by atoms with E-state index in [1.807, 2.05) is 19.1 Å². The minimum atomic E-state index is -0.00711. The monoisotopic (exact) mass is 317 g/mol. The van der Waals surface area contributed by atoms with Crippen LogP contribution in [-0.2, 0) is 4.74 Å². The van der Waals surface area contributed by atoms with Crippen molar-refractivity contribution in [1.29, 1.82) is 0 Å². The molecule has 0 unspecified atom stereocenters. The molecule has 0 aliphatic rings. The molecule has 1 aromatic carbocycles. The fourth-order valence-corrected chi connectivity index (χ4v) is 2.07.